The molecule has 0 amide bonds. The zero-order chi connectivity index (χ0) is 18.8. The molecule has 0 aliphatic carbocycles. The van der Waals surface area contributed by atoms with Crippen LogP contribution in [0.4, 0.5) is 0 Å². The van der Waals surface area contributed by atoms with Crippen molar-refractivity contribution in [2.45, 2.75) is 34.1 Å². The molecule has 9 heteroatoms. The maximum absolute atomic E-state index is 12.1. The maximum atomic E-state index is 12.1. The number of carbonyl (C=O) groups is 2. The van der Waals surface area contributed by atoms with Gasteiger partial charge in [0.15, 0.2) is 12.2 Å². The molecule has 8 nitrogen and oxygen atoms in total. The van der Waals surface area contributed by atoms with E-state index in [1.54, 1.807) is 26.8 Å². The van der Waals surface area contributed by atoms with Crippen molar-refractivity contribution in [3.8, 4) is 0 Å². The van der Waals surface area contributed by atoms with Gasteiger partial charge in [0.2, 0.25) is 0 Å². The van der Waals surface area contributed by atoms with Gasteiger partial charge in [0, 0.05) is 7.11 Å². The van der Waals surface area contributed by atoms with Crippen molar-refractivity contribution in [1.29, 1.82) is 0 Å². The smallest absolute Gasteiger partial charge is 0.327 e. The Morgan fingerprint density at radius 3 is 2.25 bits per heavy atom. The van der Waals surface area contributed by atoms with E-state index in [2.05, 4.69) is 4.74 Å². The summed E-state index contributed by atoms with van der Waals surface area (Å²) in [6, 6.07) is 0. The van der Waals surface area contributed by atoms with Gasteiger partial charge < -0.3 is 14.2 Å². The summed E-state index contributed by atoms with van der Waals surface area (Å²) in [5, 5.41) is 0. The molecule has 0 N–H and O–H groups in total. The molecule has 0 bridgehead atoms. The van der Waals surface area contributed by atoms with Crippen LogP contribution in [0.25, 0.3) is 0 Å². The molecule has 140 valence electrons. The van der Waals surface area contributed by atoms with Crippen molar-refractivity contribution in [2.75, 3.05) is 32.9 Å². The average Bonchev–Trinajstić information content (AvgIpc) is 2.55. The molecule has 0 spiro atoms. The molecule has 1 unspecified atom stereocenters. The molecule has 0 aliphatic rings. The third kappa shape index (κ3) is 7.41. The predicted octanol–water partition coefficient (Wildman–Crippen LogP) is 1.41. The molecule has 0 radical (unpaired) electrons. The van der Waals surface area contributed by atoms with Crippen LogP contribution < -0.4 is 0 Å². The van der Waals surface area contributed by atoms with Crippen molar-refractivity contribution < 1.29 is 36.4 Å². The highest BCUT2D eigenvalue weighted by molar-refractivity contribution is 7.86. The minimum atomic E-state index is -3.91. The lowest BCUT2D eigenvalue weighted by atomic mass is 9.92. The number of hydrogen-bond donors (Lipinski definition) is 0. The van der Waals surface area contributed by atoms with Gasteiger partial charge in [-0.2, -0.15) is 8.42 Å². The summed E-state index contributed by atoms with van der Waals surface area (Å²) in [6.07, 6.45) is 2.09. The molecule has 0 saturated carbocycles. The fourth-order valence-electron chi connectivity index (χ4n) is 1.46. The monoisotopic (exact) mass is 366 g/mol. The number of esters is 2. The first-order valence-corrected chi connectivity index (χ1v) is 9.03. The zero-order valence-corrected chi connectivity index (χ0v) is 15.6. The van der Waals surface area contributed by atoms with Gasteiger partial charge in [-0.05, 0) is 34.1 Å². The van der Waals surface area contributed by atoms with E-state index in [9.17, 15) is 18.0 Å². The highest BCUT2D eigenvalue weighted by Gasteiger charge is 2.46. The fraction of sp³-hybridized carbons (Fsp3) is 0.733. The Kier molecular flexibility index (Phi) is 9.79. The van der Waals surface area contributed by atoms with Crippen molar-refractivity contribution in [3.63, 3.8) is 0 Å². The number of carbonyl (C=O) groups excluding carboxylic acids is 2. The summed E-state index contributed by atoms with van der Waals surface area (Å²) in [6.45, 7) is 5.31. The standard InChI is InChI=1S/C15H26O8S/c1-6-12(3)8-9-24(18,19)23-10-15(4,13(16)21-7-2)14(17)22-11-20-5/h6H,7-11H2,1-5H3/b12-6+. The Labute approximate surface area is 143 Å². The first-order valence-electron chi connectivity index (χ1n) is 7.45. The molecule has 0 aromatic rings. The Hall–Kier alpha value is -1.45. The average molecular weight is 366 g/mol. The van der Waals surface area contributed by atoms with Gasteiger partial charge >= 0.3 is 11.9 Å². The van der Waals surface area contributed by atoms with Crippen LogP contribution in [0.15, 0.2) is 11.6 Å². The highest BCUT2D eigenvalue weighted by Crippen LogP contribution is 2.23. The molecule has 0 fully saturated rings. The summed E-state index contributed by atoms with van der Waals surface area (Å²) in [5.41, 5.74) is -1.02. The van der Waals surface area contributed by atoms with Gasteiger partial charge in [-0.15, -0.1) is 0 Å². The van der Waals surface area contributed by atoms with E-state index in [0.717, 1.165) is 5.57 Å². The number of hydrogen-bond acceptors (Lipinski definition) is 8. The van der Waals surface area contributed by atoms with Crippen LogP contribution in [0, 0.1) is 5.41 Å². The molecular formula is C15H26O8S. The zero-order valence-electron chi connectivity index (χ0n) is 14.8. The molecule has 0 rings (SSSR count). The Morgan fingerprint density at radius 2 is 1.75 bits per heavy atom. The number of methoxy groups -OCH3 is 1. The van der Waals surface area contributed by atoms with E-state index in [4.69, 9.17) is 13.7 Å². The second-order valence-corrected chi connectivity index (χ2v) is 7.06. The van der Waals surface area contributed by atoms with Crippen LogP contribution in [0.2, 0.25) is 0 Å². The minimum absolute atomic E-state index is 0.0270. The van der Waals surface area contributed by atoms with Gasteiger partial charge in [-0.3, -0.25) is 13.8 Å². The van der Waals surface area contributed by atoms with Gasteiger partial charge in [-0.25, -0.2) is 0 Å². The van der Waals surface area contributed by atoms with Crippen LogP contribution in [0.1, 0.15) is 34.1 Å². The van der Waals surface area contributed by atoms with E-state index >= 15 is 0 Å². The van der Waals surface area contributed by atoms with Crippen LogP contribution in [0.5, 0.6) is 0 Å². The maximum Gasteiger partial charge on any atom is 0.327 e. The molecule has 0 aromatic carbocycles. The summed E-state index contributed by atoms with van der Waals surface area (Å²) in [5.74, 6) is -2.16. The molecule has 0 heterocycles. The molecular weight excluding hydrogens is 340 g/mol. The van der Waals surface area contributed by atoms with Crippen LogP contribution in [-0.2, 0) is 38.1 Å². The van der Waals surface area contributed by atoms with Crippen LogP contribution in [-0.4, -0.2) is 53.2 Å². The molecule has 0 saturated heterocycles. The highest BCUT2D eigenvalue weighted by atomic mass is 32.2. The van der Waals surface area contributed by atoms with Crippen molar-refractivity contribution in [2.24, 2.45) is 5.41 Å². The summed E-state index contributed by atoms with van der Waals surface area (Å²) >= 11 is 0. The number of allylic oxidation sites excluding steroid dienone is 2. The van der Waals surface area contributed by atoms with Crippen molar-refractivity contribution in [3.05, 3.63) is 11.6 Å². The van der Waals surface area contributed by atoms with Crippen LogP contribution >= 0.6 is 0 Å². The molecule has 0 aromatic heterocycles. The number of ether oxygens (including phenoxy) is 3. The Morgan fingerprint density at radius 1 is 1.17 bits per heavy atom. The largest absolute Gasteiger partial charge is 0.465 e. The lowest BCUT2D eigenvalue weighted by molar-refractivity contribution is -0.179. The third-order valence-corrected chi connectivity index (χ3v) is 4.43. The Balaban J connectivity index is 5.06. The SMILES string of the molecule is C/C=C(\C)CCS(=O)(=O)OCC(C)(C(=O)OCC)C(=O)OCOC. The lowest BCUT2D eigenvalue weighted by Crippen LogP contribution is -2.44. The van der Waals surface area contributed by atoms with Gasteiger partial charge in [0.05, 0.1) is 19.0 Å². The quantitative estimate of drug-likeness (QED) is 0.178. The summed E-state index contributed by atoms with van der Waals surface area (Å²) < 4.78 is 42.9. The second-order valence-electron chi connectivity index (χ2n) is 5.30. The minimum Gasteiger partial charge on any atom is -0.465 e. The lowest BCUT2D eigenvalue weighted by Gasteiger charge is -2.24. The Bertz CT molecular complexity index is 552. The van der Waals surface area contributed by atoms with Gasteiger partial charge in [0.1, 0.15) is 0 Å². The van der Waals surface area contributed by atoms with E-state index in [0.29, 0.717) is 6.42 Å². The van der Waals surface area contributed by atoms with Gasteiger partial charge in [-0.1, -0.05) is 11.6 Å². The first-order chi connectivity index (χ1) is 11.1. The van der Waals surface area contributed by atoms with E-state index in [1.807, 2.05) is 0 Å². The molecule has 0 aliphatic heterocycles. The molecule has 24 heavy (non-hydrogen) atoms. The topological polar surface area (TPSA) is 105 Å². The van der Waals surface area contributed by atoms with E-state index in [-0.39, 0.29) is 19.2 Å². The number of rotatable bonds is 11. The van der Waals surface area contributed by atoms with Gasteiger partial charge in [0.25, 0.3) is 10.1 Å². The first kappa shape index (κ1) is 22.6. The van der Waals surface area contributed by atoms with E-state index in [1.165, 1.54) is 14.0 Å². The predicted molar refractivity (Wildman–Crippen MR) is 86.5 cm³/mol. The van der Waals surface area contributed by atoms with Crippen molar-refractivity contribution in [1.82, 2.24) is 0 Å². The van der Waals surface area contributed by atoms with Crippen molar-refractivity contribution >= 4 is 22.1 Å². The second kappa shape index (κ2) is 10.4. The third-order valence-electron chi connectivity index (χ3n) is 3.25. The normalized spacial score (nSPS) is 14.8. The summed E-state index contributed by atoms with van der Waals surface area (Å²) in [4.78, 5) is 24.1. The van der Waals surface area contributed by atoms with E-state index < -0.39 is 34.1 Å². The molecule has 1 atom stereocenters. The van der Waals surface area contributed by atoms with Crippen LogP contribution in [0.3, 0.4) is 0 Å². The fourth-order valence-corrected chi connectivity index (χ4v) is 2.57. The summed E-state index contributed by atoms with van der Waals surface area (Å²) in [7, 11) is -2.60.